The van der Waals surface area contributed by atoms with E-state index >= 15 is 0 Å². The highest BCUT2D eigenvalue weighted by Crippen LogP contribution is 2.07. The van der Waals surface area contributed by atoms with Crippen LogP contribution in [0.25, 0.3) is 0 Å². The van der Waals surface area contributed by atoms with E-state index in [1.807, 2.05) is 24.3 Å². The lowest BCUT2D eigenvalue weighted by molar-refractivity contribution is -0.114. The Bertz CT molecular complexity index is 300. The zero-order valence-electron chi connectivity index (χ0n) is 7.49. The van der Waals surface area contributed by atoms with E-state index in [0.29, 0.717) is 6.42 Å². The predicted octanol–water partition coefficient (Wildman–Crippen LogP) is 1.96. The number of rotatable bonds is 4. The average Bonchev–Trinajstić information content (AvgIpc) is 2.16. The molecule has 0 aliphatic carbocycles. The molecule has 0 spiro atoms. The molecule has 2 N–H and O–H groups in total. The number of aryl methyl sites for hydroxylation is 1. The van der Waals surface area contributed by atoms with Crippen LogP contribution in [0, 0.1) is 0 Å². The minimum absolute atomic E-state index is 0.0804. The smallest absolute Gasteiger partial charge is 0.155 e. The lowest BCUT2D eigenvalue weighted by Gasteiger charge is -1.99. The first kappa shape index (κ1) is 9.52. The van der Waals surface area contributed by atoms with E-state index in [4.69, 9.17) is 5.73 Å². The van der Waals surface area contributed by atoms with Crippen LogP contribution in [-0.2, 0) is 11.2 Å². The van der Waals surface area contributed by atoms with Crippen molar-refractivity contribution in [2.45, 2.75) is 12.8 Å². The van der Waals surface area contributed by atoms with Crippen molar-refractivity contribution in [3.8, 4) is 0 Å². The van der Waals surface area contributed by atoms with E-state index in [1.165, 1.54) is 6.08 Å². The van der Waals surface area contributed by atoms with Gasteiger partial charge in [-0.15, -0.1) is 0 Å². The third-order valence-corrected chi connectivity index (χ3v) is 1.87. The molecular weight excluding hydrogens is 162 g/mol. The van der Waals surface area contributed by atoms with Crippen LogP contribution in [0.1, 0.15) is 12.0 Å². The minimum atomic E-state index is 0.0804. The second-order valence-corrected chi connectivity index (χ2v) is 2.91. The molecule has 0 unspecified atom stereocenters. The maximum atomic E-state index is 10.9. The monoisotopic (exact) mass is 175 g/mol. The van der Waals surface area contributed by atoms with E-state index in [2.05, 4.69) is 6.58 Å². The van der Waals surface area contributed by atoms with Crippen LogP contribution in [-0.4, -0.2) is 5.78 Å². The Morgan fingerprint density at radius 1 is 1.38 bits per heavy atom. The van der Waals surface area contributed by atoms with E-state index in [0.717, 1.165) is 17.7 Å². The molecule has 0 bridgehead atoms. The standard InChI is InChI=1S/C11H13NO/c1-2-11(13)8-5-9-3-6-10(12)7-4-9/h2-4,6-7H,1,5,8,12H2. The van der Waals surface area contributed by atoms with Gasteiger partial charge in [0.05, 0.1) is 0 Å². The lowest BCUT2D eigenvalue weighted by atomic mass is 10.1. The van der Waals surface area contributed by atoms with Crippen LogP contribution < -0.4 is 5.73 Å². The van der Waals surface area contributed by atoms with Crippen molar-refractivity contribution in [1.82, 2.24) is 0 Å². The molecule has 1 aromatic rings. The fourth-order valence-electron chi connectivity index (χ4n) is 1.05. The van der Waals surface area contributed by atoms with Gasteiger partial charge >= 0.3 is 0 Å². The number of carbonyl (C=O) groups excluding carboxylic acids is 1. The molecule has 0 atom stereocenters. The summed E-state index contributed by atoms with van der Waals surface area (Å²) >= 11 is 0. The Morgan fingerprint density at radius 3 is 2.54 bits per heavy atom. The van der Waals surface area contributed by atoms with Crippen molar-refractivity contribution in [2.24, 2.45) is 0 Å². The van der Waals surface area contributed by atoms with E-state index in [9.17, 15) is 4.79 Å². The third-order valence-electron chi connectivity index (χ3n) is 1.87. The molecule has 2 nitrogen and oxygen atoms in total. The Hall–Kier alpha value is -1.57. The lowest BCUT2D eigenvalue weighted by Crippen LogP contribution is -1.95. The molecule has 0 saturated heterocycles. The van der Waals surface area contributed by atoms with E-state index in [-0.39, 0.29) is 5.78 Å². The summed E-state index contributed by atoms with van der Waals surface area (Å²) in [6.07, 6.45) is 2.63. The zero-order chi connectivity index (χ0) is 9.68. The van der Waals surface area contributed by atoms with Crippen LogP contribution in [0.2, 0.25) is 0 Å². The molecule has 2 heteroatoms. The van der Waals surface area contributed by atoms with Gasteiger partial charge in [0.15, 0.2) is 5.78 Å². The van der Waals surface area contributed by atoms with Gasteiger partial charge in [0.1, 0.15) is 0 Å². The van der Waals surface area contributed by atoms with Crippen molar-refractivity contribution in [3.05, 3.63) is 42.5 Å². The summed E-state index contributed by atoms with van der Waals surface area (Å²) in [4.78, 5) is 10.9. The number of carbonyl (C=O) groups is 1. The Kier molecular flexibility index (Phi) is 3.26. The first-order valence-electron chi connectivity index (χ1n) is 4.22. The van der Waals surface area contributed by atoms with E-state index < -0.39 is 0 Å². The highest BCUT2D eigenvalue weighted by molar-refractivity contribution is 5.89. The van der Waals surface area contributed by atoms with Gasteiger partial charge < -0.3 is 5.73 Å². The molecule has 0 aliphatic rings. The number of anilines is 1. The average molecular weight is 175 g/mol. The van der Waals surface area contributed by atoms with Crippen molar-refractivity contribution >= 4 is 11.5 Å². The summed E-state index contributed by atoms with van der Waals surface area (Å²) in [5.41, 5.74) is 7.40. The second-order valence-electron chi connectivity index (χ2n) is 2.91. The van der Waals surface area contributed by atoms with Crippen molar-refractivity contribution in [3.63, 3.8) is 0 Å². The predicted molar refractivity (Wildman–Crippen MR) is 54.4 cm³/mol. The molecule has 0 heterocycles. The number of allylic oxidation sites excluding steroid dienone is 1. The van der Waals surface area contributed by atoms with Crippen LogP contribution in [0.15, 0.2) is 36.9 Å². The Morgan fingerprint density at radius 2 is 2.00 bits per heavy atom. The maximum Gasteiger partial charge on any atom is 0.155 e. The summed E-state index contributed by atoms with van der Waals surface area (Å²) in [7, 11) is 0. The van der Waals surface area contributed by atoms with Crippen LogP contribution in [0.5, 0.6) is 0 Å². The van der Waals surface area contributed by atoms with Crippen molar-refractivity contribution in [1.29, 1.82) is 0 Å². The number of nitrogens with two attached hydrogens (primary N) is 1. The fraction of sp³-hybridized carbons (Fsp3) is 0.182. The number of benzene rings is 1. The number of hydrogen-bond donors (Lipinski definition) is 1. The highest BCUT2D eigenvalue weighted by Gasteiger charge is 1.97. The van der Waals surface area contributed by atoms with Crippen molar-refractivity contribution < 1.29 is 4.79 Å². The highest BCUT2D eigenvalue weighted by atomic mass is 16.1. The number of nitrogen functional groups attached to an aromatic ring is 1. The second kappa shape index (κ2) is 4.45. The molecule has 0 aliphatic heterocycles. The molecule has 0 amide bonds. The van der Waals surface area contributed by atoms with Gasteiger partial charge in [0.2, 0.25) is 0 Å². The molecule has 1 rings (SSSR count). The van der Waals surface area contributed by atoms with Gasteiger partial charge in [0, 0.05) is 12.1 Å². The normalized spacial score (nSPS) is 9.54. The first-order valence-corrected chi connectivity index (χ1v) is 4.22. The van der Waals surface area contributed by atoms with Crippen LogP contribution in [0.3, 0.4) is 0 Å². The molecule has 0 radical (unpaired) electrons. The van der Waals surface area contributed by atoms with Gasteiger partial charge in [-0.25, -0.2) is 0 Å². The Labute approximate surface area is 78.1 Å². The van der Waals surface area contributed by atoms with Crippen LogP contribution >= 0.6 is 0 Å². The summed E-state index contributed by atoms with van der Waals surface area (Å²) < 4.78 is 0. The molecular formula is C11H13NO. The van der Waals surface area contributed by atoms with Gasteiger partial charge in [0.25, 0.3) is 0 Å². The summed E-state index contributed by atoms with van der Waals surface area (Å²) in [5.74, 6) is 0.0804. The SMILES string of the molecule is C=CC(=O)CCc1ccc(N)cc1. The summed E-state index contributed by atoms with van der Waals surface area (Å²) in [5, 5.41) is 0. The van der Waals surface area contributed by atoms with Gasteiger partial charge in [-0.1, -0.05) is 18.7 Å². The number of hydrogen-bond acceptors (Lipinski definition) is 2. The van der Waals surface area contributed by atoms with Gasteiger partial charge in [-0.2, -0.15) is 0 Å². The molecule has 13 heavy (non-hydrogen) atoms. The van der Waals surface area contributed by atoms with E-state index in [1.54, 1.807) is 0 Å². The molecule has 0 fully saturated rings. The molecule has 0 saturated carbocycles. The molecule has 1 aromatic carbocycles. The first-order chi connectivity index (χ1) is 6.22. The fourth-order valence-corrected chi connectivity index (χ4v) is 1.05. The molecule has 0 aromatic heterocycles. The minimum Gasteiger partial charge on any atom is -0.399 e. The molecule has 68 valence electrons. The van der Waals surface area contributed by atoms with Gasteiger partial charge in [-0.05, 0) is 30.2 Å². The summed E-state index contributed by atoms with van der Waals surface area (Å²) in [6, 6.07) is 7.55. The quantitative estimate of drug-likeness (QED) is 0.561. The van der Waals surface area contributed by atoms with Crippen LogP contribution in [0.4, 0.5) is 5.69 Å². The maximum absolute atomic E-state index is 10.9. The largest absolute Gasteiger partial charge is 0.399 e. The Balaban J connectivity index is 2.50. The zero-order valence-corrected chi connectivity index (χ0v) is 7.49. The van der Waals surface area contributed by atoms with Gasteiger partial charge in [-0.3, -0.25) is 4.79 Å². The topological polar surface area (TPSA) is 43.1 Å². The summed E-state index contributed by atoms with van der Waals surface area (Å²) in [6.45, 7) is 3.42. The van der Waals surface area contributed by atoms with Crippen molar-refractivity contribution in [2.75, 3.05) is 5.73 Å². The number of ketones is 1. The third kappa shape index (κ3) is 3.11.